The third-order valence-corrected chi connectivity index (χ3v) is 5.58. The van der Waals surface area contributed by atoms with Gasteiger partial charge in [-0.25, -0.2) is 13.1 Å². The van der Waals surface area contributed by atoms with Crippen LogP contribution in [-0.4, -0.2) is 39.5 Å². The van der Waals surface area contributed by atoms with Crippen molar-refractivity contribution in [3.63, 3.8) is 0 Å². The van der Waals surface area contributed by atoms with Crippen molar-refractivity contribution in [3.8, 4) is 5.69 Å². The number of aromatic nitrogens is 4. The first kappa shape index (κ1) is 16.3. The zero-order chi connectivity index (χ0) is 17.0. The smallest absolute Gasteiger partial charge is 0.207 e. The molecule has 0 N–H and O–H groups in total. The zero-order valence-corrected chi connectivity index (χ0v) is 14.0. The molecule has 0 aliphatic carbocycles. The summed E-state index contributed by atoms with van der Waals surface area (Å²) in [4.78, 5) is 0.247. The molecule has 0 aliphatic rings. The molecule has 0 saturated carbocycles. The summed E-state index contributed by atoms with van der Waals surface area (Å²) in [5.41, 5.74) is 1.65. The summed E-state index contributed by atoms with van der Waals surface area (Å²) in [5, 5.41) is 10.9. The second-order valence-corrected chi connectivity index (χ2v) is 7.10. The average Bonchev–Trinajstić information content (AvgIpc) is 3.15. The predicted molar refractivity (Wildman–Crippen MR) is 88.9 cm³/mol. The van der Waals surface area contributed by atoms with Crippen molar-refractivity contribution >= 4 is 10.0 Å². The van der Waals surface area contributed by atoms with Crippen LogP contribution in [0.5, 0.6) is 0 Å². The molecule has 0 atom stereocenters. The van der Waals surface area contributed by atoms with Crippen LogP contribution in [0.3, 0.4) is 0 Å². The molecule has 0 amide bonds. The van der Waals surface area contributed by atoms with Crippen LogP contribution in [0, 0.1) is 0 Å². The number of hydrogen-bond donors (Lipinski definition) is 0. The second-order valence-electron chi connectivity index (χ2n) is 5.17. The van der Waals surface area contributed by atoms with Crippen molar-refractivity contribution in [2.45, 2.75) is 18.4 Å². The molecule has 0 aliphatic heterocycles. The molecular formula is C16H17N5O2S. The van der Waals surface area contributed by atoms with Gasteiger partial charge in [-0.2, -0.15) is 4.31 Å². The van der Waals surface area contributed by atoms with Crippen LogP contribution in [0.25, 0.3) is 5.69 Å². The van der Waals surface area contributed by atoms with E-state index >= 15 is 0 Å². The number of tetrazole rings is 1. The van der Waals surface area contributed by atoms with Gasteiger partial charge in [-0.1, -0.05) is 37.3 Å². The van der Waals surface area contributed by atoms with Gasteiger partial charge in [0.05, 0.1) is 10.6 Å². The topological polar surface area (TPSA) is 81.0 Å². The molecule has 1 aromatic heterocycles. The summed E-state index contributed by atoms with van der Waals surface area (Å²) < 4.78 is 28.6. The van der Waals surface area contributed by atoms with Crippen molar-refractivity contribution in [2.24, 2.45) is 0 Å². The maximum Gasteiger partial charge on any atom is 0.243 e. The third-order valence-electron chi connectivity index (χ3n) is 3.64. The van der Waals surface area contributed by atoms with E-state index in [0.717, 1.165) is 5.56 Å². The van der Waals surface area contributed by atoms with E-state index in [-0.39, 0.29) is 4.90 Å². The number of nitrogens with zero attached hydrogens (tertiary/aromatic N) is 5. The van der Waals surface area contributed by atoms with Gasteiger partial charge in [0.15, 0.2) is 0 Å². The molecule has 0 radical (unpaired) electrons. The molecule has 0 bridgehead atoms. The van der Waals surface area contributed by atoms with Crippen LogP contribution in [-0.2, 0) is 16.6 Å². The fourth-order valence-electron chi connectivity index (χ4n) is 2.35. The van der Waals surface area contributed by atoms with Gasteiger partial charge in [0.25, 0.3) is 0 Å². The van der Waals surface area contributed by atoms with Gasteiger partial charge in [0.2, 0.25) is 10.0 Å². The zero-order valence-electron chi connectivity index (χ0n) is 13.1. The number of rotatable bonds is 6. The monoisotopic (exact) mass is 343 g/mol. The molecule has 3 rings (SSSR count). The largest absolute Gasteiger partial charge is 0.243 e. The van der Waals surface area contributed by atoms with Crippen LogP contribution >= 0.6 is 0 Å². The van der Waals surface area contributed by atoms with Gasteiger partial charge >= 0.3 is 0 Å². The van der Waals surface area contributed by atoms with Gasteiger partial charge in [-0.3, -0.25) is 0 Å². The Hall–Kier alpha value is -2.58. The molecule has 124 valence electrons. The van der Waals surface area contributed by atoms with E-state index in [1.807, 2.05) is 37.3 Å². The van der Waals surface area contributed by atoms with Gasteiger partial charge in [-0.15, -0.1) is 5.10 Å². The Balaban J connectivity index is 1.85. The minimum Gasteiger partial charge on any atom is -0.207 e. The molecular weight excluding hydrogens is 326 g/mol. The lowest BCUT2D eigenvalue weighted by atomic mass is 10.2. The minimum atomic E-state index is -3.56. The van der Waals surface area contributed by atoms with E-state index in [1.165, 1.54) is 15.3 Å². The lowest BCUT2D eigenvalue weighted by molar-refractivity contribution is 0.423. The Morgan fingerprint density at radius 1 is 1.04 bits per heavy atom. The molecule has 0 saturated heterocycles. The van der Waals surface area contributed by atoms with Crippen LogP contribution < -0.4 is 0 Å². The Bertz CT molecular complexity index is 878. The van der Waals surface area contributed by atoms with Gasteiger partial charge < -0.3 is 0 Å². The van der Waals surface area contributed by atoms with Crippen LogP contribution in [0.1, 0.15) is 12.5 Å². The highest BCUT2D eigenvalue weighted by Crippen LogP contribution is 2.19. The van der Waals surface area contributed by atoms with Gasteiger partial charge in [0.1, 0.15) is 6.33 Å². The van der Waals surface area contributed by atoms with Crippen molar-refractivity contribution in [3.05, 3.63) is 66.5 Å². The fraction of sp³-hybridized carbons (Fsp3) is 0.188. The predicted octanol–water partition coefficient (Wildman–Crippen LogP) is 1.87. The summed E-state index contributed by atoms with van der Waals surface area (Å²) in [6.45, 7) is 2.57. The van der Waals surface area contributed by atoms with Crippen molar-refractivity contribution < 1.29 is 8.42 Å². The molecule has 8 heteroatoms. The summed E-state index contributed by atoms with van der Waals surface area (Å²) in [5.74, 6) is 0. The molecule has 24 heavy (non-hydrogen) atoms. The highest BCUT2D eigenvalue weighted by Gasteiger charge is 2.23. The SMILES string of the molecule is CCN(Cc1ccccc1)S(=O)(=O)c1ccc(-n2cnnn2)cc1. The first-order valence-corrected chi connectivity index (χ1v) is 8.93. The summed E-state index contributed by atoms with van der Waals surface area (Å²) in [7, 11) is -3.56. The highest BCUT2D eigenvalue weighted by molar-refractivity contribution is 7.89. The summed E-state index contributed by atoms with van der Waals surface area (Å²) in [6.07, 6.45) is 1.46. The quantitative estimate of drug-likeness (QED) is 0.682. The van der Waals surface area contributed by atoms with Crippen LogP contribution in [0.4, 0.5) is 0 Å². The molecule has 0 spiro atoms. The fourth-order valence-corrected chi connectivity index (χ4v) is 3.79. The maximum atomic E-state index is 12.8. The first-order chi connectivity index (χ1) is 11.6. The molecule has 3 aromatic rings. The van der Waals surface area contributed by atoms with Gasteiger partial charge in [-0.05, 0) is 40.3 Å². The normalized spacial score (nSPS) is 11.8. The molecule has 1 heterocycles. The van der Waals surface area contributed by atoms with E-state index in [9.17, 15) is 8.42 Å². The Labute approximate surface area is 140 Å². The Morgan fingerprint density at radius 2 is 1.75 bits per heavy atom. The lowest BCUT2D eigenvalue weighted by Crippen LogP contribution is -2.30. The van der Waals surface area contributed by atoms with E-state index in [1.54, 1.807) is 24.3 Å². The highest BCUT2D eigenvalue weighted by atomic mass is 32.2. The number of sulfonamides is 1. The summed E-state index contributed by atoms with van der Waals surface area (Å²) in [6, 6.07) is 16.0. The number of benzene rings is 2. The first-order valence-electron chi connectivity index (χ1n) is 7.49. The lowest BCUT2D eigenvalue weighted by Gasteiger charge is -2.20. The average molecular weight is 343 g/mol. The van der Waals surface area contributed by atoms with E-state index in [4.69, 9.17) is 0 Å². The molecule has 2 aromatic carbocycles. The van der Waals surface area contributed by atoms with Crippen molar-refractivity contribution in [2.75, 3.05) is 6.54 Å². The number of hydrogen-bond acceptors (Lipinski definition) is 5. The van der Waals surface area contributed by atoms with Gasteiger partial charge in [0, 0.05) is 13.1 Å². The molecule has 0 unspecified atom stereocenters. The van der Waals surface area contributed by atoms with E-state index < -0.39 is 10.0 Å². The standard InChI is InChI=1S/C16H17N5O2S/c1-2-20(12-14-6-4-3-5-7-14)24(22,23)16-10-8-15(9-11-16)21-13-17-18-19-21/h3-11,13H,2,12H2,1H3. The Kier molecular flexibility index (Phi) is 4.68. The van der Waals surface area contributed by atoms with Crippen LogP contribution in [0.2, 0.25) is 0 Å². The van der Waals surface area contributed by atoms with Crippen molar-refractivity contribution in [1.29, 1.82) is 0 Å². The summed E-state index contributed by atoms with van der Waals surface area (Å²) >= 11 is 0. The minimum absolute atomic E-state index is 0.247. The molecule has 0 fully saturated rings. The Morgan fingerprint density at radius 3 is 2.33 bits per heavy atom. The van der Waals surface area contributed by atoms with E-state index in [0.29, 0.717) is 18.8 Å². The van der Waals surface area contributed by atoms with Crippen LogP contribution in [0.15, 0.2) is 65.8 Å². The molecule has 7 nitrogen and oxygen atoms in total. The third kappa shape index (κ3) is 3.34. The van der Waals surface area contributed by atoms with E-state index in [2.05, 4.69) is 15.5 Å². The second kappa shape index (κ2) is 6.90. The van der Waals surface area contributed by atoms with Crippen molar-refractivity contribution in [1.82, 2.24) is 24.5 Å². The maximum absolute atomic E-state index is 12.8.